The van der Waals surface area contributed by atoms with Crippen molar-refractivity contribution in [1.82, 2.24) is 9.88 Å². The van der Waals surface area contributed by atoms with Crippen molar-refractivity contribution in [2.75, 3.05) is 18.8 Å². The smallest absolute Gasteiger partial charge is 0.266 e. The van der Waals surface area contributed by atoms with Crippen LogP contribution in [0.1, 0.15) is 36.4 Å². The predicted octanol–water partition coefficient (Wildman–Crippen LogP) is 3.14. The lowest BCUT2D eigenvalue weighted by Crippen LogP contribution is -2.31. The molecule has 0 radical (unpaired) electrons. The molecule has 0 fully saturated rings. The third-order valence-electron chi connectivity index (χ3n) is 3.15. The van der Waals surface area contributed by atoms with Crippen LogP contribution in [-0.2, 0) is 0 Å². The number of fused-ring (bicyclic) bond motifs is 1. The number of unbranched alkanes of at least 4 members (excludes halogenated alkanes) is 1. The molecule has 0 aliphatic rings. The first kappa shape index (κ1) is 13.8. The van der Waals surface area contributed by atoms with Crippen LogP contribution in [0, 0.1) is 0 Å². The fourth-order valence-corrected chi connectivity index (χ4v) is 3.04. The van der Waals surface area contributed by atoms with E-state index >= 15 is 0 Å². The molecule has 2 aromatic rings. The minimum atomic E-state index is 0.0245. The highest BCUT2D eigenvalue weighted by molar-refractivity contribution is 7.21. The maximum absolute atomic E-state index is 12.5. The van der Waals surface area contributed by atoms with Crippen LogP contribution in [0.25, 0.3) is 10.2 Å². The highest BCUT2D eigenvalue weighted by Crippen LogP contribution is 2.32. The Hall–Kier alpha value is -1.62. The lowest BCUT2D eigenvalue weighted by Gasteiger charge is -2.20. The molecule has 2 aromatic heterocycles. The molecule has 0 aliphatic heterocycles. The molecule has 0 bridgehead atoms. The van der Waals surface area contributed by atoms with Crippen molar-refractivity contribution in [1.29, 1.82) is 0 Å². The number of nitrogens with two attached hydrogens (primary N) is 1. The van der Waals surface area contributed by atoms with Gasteiger partial charge in [0.25, 0.3) is 5.91 Å². The van der Waals surface area contributed by atoms with E-state index in [0.29, 0.717) is 17.1 Å². The second-order valence-corrected chi connectivity index (χ2v) is 5.44. The van der Waals surface area contributed by atoms with Gasteiger partial charge < -0.3 is 10.6 Å². The van der Waals surface area contributed by atoms with Gasteiger partial charge in [-0.1, -0.05) is 13.3 Å². The van der Waals surface area contributed by atoms with Crippen molar-refractivity contribution in [3.8, 4) is 0 Å². The Bertz CT molecular complexity index is 579. The molecule has 2 N–H and O–H groups in total. The van der Waals surface area contributed by atoms with Crippen LogP contribution >= 0.6 is 11.3 Å². The number of nitrogens with zero attached hydrogens (tertiary/aromatic N) is 2. The summed E-state index contributed by atoms with van der Waals surface area (Å²) in [5, 5.41) is 0.877. The van der Waals surface area contributed by atoms with Crippen LogP contribution in [0.5, 0.6) is 0 Å². The summed E-state index contributed by atoms with van der Waals surface area (Å²) in [5.41, 5.74) is 6.65. The van der Waals surface area contributed by atoms with Crippen LogP contribution in [0.2, 0.25) is 0 Å². The van der Waals surface area contributed by atoms with Gasteiger partial charge in [-0.3, -0.25) is 4.79 Å². The zero-order chi connectivity index (χ0) is 13.8. The molecule has 4 nitrogen and oxygen atoms in total. The van der Waals surface area contributed by atoms with Gasteiger partial charge in [0.15, 0.2) is 0 Å². The average molecular weight is 277 g/mol. The Labute approximate surface area is 117 Å². The van der Waals surface area contributed by atoms with Crippen LogP contribution < -0.4 is 5.73 Å². The average Bonchev–Trinajstić information content (AvgIpc) is 2.77. The number of amides is 1. The molecule has 0 saturated carbocycles. The molecule has 19 heavy (non-hydrogen) atoms. The standard InChI is InChI=1S/C14H19N3OS/c1-3-5-9-17(4-2)14(18)12-11(15)10-7-6-8-16-13(10)19-12/h6-8H,3-5,9,15H2,1-2H3. The molecular weight excluding hydrogens is 258 g/mol. The molecule has 0 spiro atoms. The minimum absolute atomic E-state index is 0.0245. The first-order valence-electron chi connectivity index (χ1n) is 6.61. The third-order valence-corrected chi connectivity index (χ3v) is 4.27. The van der Waals surface area contributed by atoms with Gasteiger partial charge in [-0.05, 0) is 25.5 Å². The molecule has 0 aromatic carbocycles. The SMILES string of the molecule is CCCCN(CC)C(=O)c1sc2ncccc2c1N. The van der Waals surface area contributed by atoms with Crippen LogP contribution in [-0.4, -0.2) is 28.9 Å². The summed E-state index contributed by atoms with van der Waals surface area (Å²) in [5.74, 6) is 0.0245. The lowest BCUT2D eigenvalue weighted by atomic mass is 10.2. The monoisotopic (exact) mass is 277 g/mol. The number of carbonyl (C=O) groups is 1. The zero-order valence-corrected chi connectivity index (χ0v) is 12.2. The number of carbonyl (C=O) groups excluding carboxylic acids is 1. The second kappa shape index (κ2) is 6.02. The molecule has 2 heterocycles. The Morgan fingerprint density at radius 1 is 1.47 bits per heavy atom. The molecule has 102 valence electrons. The minimum Gasteiger partial charge on any atom is -0.397 e. The number of thiophene rings is 1. The van der Waals surface area contributed by atoms with Crippen molar-refractivity contribution < 1.29 is 4.79 Å². The largest absolute Gasteiger partial charge is 0.397 e. The summed E-state index contributed by atoms with van der Waals surface area (Å²) in [4.78, 5) is 20.1. The molecular formula is C14H19N3OS. The number of nitrogen functional groups attached to an aromatic ring is 1. The molecule has 0 aliphatic carbocycles. The summed E-state index contributed by atoms with van der Waals surface area (Å²) in [6.45, 7) is 5.61. The van der Waals surface area contributed by atoms with Gasteiger partial charge in [0.2, 0.25) is 0 Å². The van der Waals surface area contributed by atoms with Gasteiger partial charge in [-0.15, -0.1) is 11.3 Å². The van der Waals surface area contributed by atoms with E-state index in [0.717, 1.165) is 29.6 Å². The maximum atomic E-state index is 12.5. The Morgan fingerprint density at radius 2 is 2.26 bits per heavy atom. The van der Waals surface area contributed by atoms with E-state index in [-0.39, 0.29) is 5.91 Å². The number of anilines is 1. The molecule has 0 atom stereocenters. The van der Waals surface area contributed by atoms with E-state index < -0.39 is 0 Å². The topological polar surface area (TPSA) is 59.2 Å². The zero-order valence-electron chi connectivity index (χ0n) is 11.3. The fourth-order valence-electron chi connectivity index (χ4n) is 2.01. The summed E-state index contributed by atoms with van der Waals surface area (Å²) >= 11 is 1.38. The number of aromatic nitrogens is 1. The number of pyridine rings is 1. The van der Waals surface area contributed by atoms with Crippen molar-refractivity contribution in [3.63, 3.8) is 0 Å². The van der Waals surface area contributed by atoms with Crippen molar-refractivity contribution in [2.24, 2.45) is 0 Å². The van der Waals surface area contributed by atoms with E-state index in [4.69, 9.17) is 5.73 Å². The van der Waals surface area contributed by atoms with Gasteiger partial charge in [0, 0.05) is 24.7 Å². The molecule has 1 amide bonds. The second-order valence-electron chi connectivity index (χ2n) is 4.44. The normalized spacial score (nSPS) is 10.8. The maximum Gasteiger partial charge on any atom is 0.266 e. The molecule has 0 unspecified atom stereocenters. The van der Waals surface area contributed by atoms with E-state index in [2.05, 4.69) is 11.9 Å². The highest BCUT2D eigenvalue weighted by atomic mass is 32.1. The number of hydrogen-bond acceptors (Lipinski definition) is 4. The van der Waals surface area contributed by atoms with Crippen LogP contribution in [0.3, 0.4) is 0 Å². The fraction of sp³-hybridized carbons (Fsp3) is 0.429. The first-order valence-corrected chi connectivity index (χ1v) is 7.42. The highest BCUT2D eigenvalue weighted by Gasteiger charge is 2.21. The summed E-state index contributed by atoms with van der Waals surface area (Å²) in [7, 11) is 0. The Kier molecular flexibility index (Phi) is 4.37. The molecule has 0 saturated heterocycles. The van der Waals surface area contributed by atoms with Crippen molar-refractivity contribution in [3.05, 3.63) is 23.2 Å². The molecule has 5 heteroatoms. The number of hydrogen-bond donors (Lipinski definition) is 1. The van der Waals surface area contributed by atoms with Crippen molar-refractivity contribution >= 4 is 33.1 Å². The third kappa shape index (κ3) is 2.71. The van der Waals surface area contributed by atoms with Gasteiger partial charge in [-0.2, -0.15) is 0 Å². The Balaban J connectivity index is 2.32. The summed E-state index contributed by atoms with van der Waals surface area (Å²) in [6, 6.07) is 3.75. The Morgan fingerprint density at radius 3 is 2.89 bits per heavy atom. The quantitative estimate of drug-likeness (QED) is 0.913. The first-order chi connectivity index (χ1) is 9.19. The van der Waals surface area contributed by atoms with Crippen molar-refractivity contribution in [2.45, 2.75) is 26.7 Å². The van der Waals surface area contributed by atoms with Gasteiger partial charge in [0.05, 0.1) is 5.69 Å². The molecule has 2 rings (SSSR count). The van der Waals surface area contributed by atoms with E-state index in [1.807, 2.05) is 24.0 Å². The van der Waals surface area contributed by atoms with E-state index in [1.165, 1.54) is 11.3 Å². The van der Waals surface area contributed by atoms with Crippen LogP contribution in [0.4, 0.5) is 5.69 Å². The predicted molar refractivity (Wildman–Crippen MR) is 80.5 cm³/mol. The van der Waals surface area contributed by atoms with Gasteiger partial charge in [0.1, 0.15) is 9.71 Å². The summed E-state index contributed by atoms with van der Waals surface area (Å²) < 4.78 is 0. The van der Waals surface area contributed by atoms with Crippen LogP contribution in [0.15, 0.2) is 18.3 Å². The summed E-state index contributed by atoms with van der Waals surface area (Å²) in [6.07, 6.45) is 3.82. The van der Waals surface area contributed by atoms with E-state index in [9.17, 15) is 4.79 Å². The number of rotatable bonds is 5. The van der Waals surface area contributed by atoms with Gasteiger partial charge >= 0.3 is 0 Å². The van der Waals surface area contributed by atoms with Gasteiger partial charge in [-0.25, -0.2) is 4.98 Å². The van der Waals surface area contributed by atoms with E-state index in [1.54, 1.807) is 6.20 Å². The lowest BCUT2D eigenvalue weighted by molar-refractivity contribution is 0.0768.